The Hall–Kier alpha value is -1.27. The second kappa shape index (κ2) is 8.55. The minimum Gasteiger partial charge on any atom is -0.453 e. The summed E-state index contributed by atoms with van der Waals surface area (Å²) >= 11 is 12.1. The van der Waals surface area contributed by atoms with Gasteiger partial charge in [0.25, 0.3) is 0 Å². The number of rotatable bonds is 8. The van der Waals surface area contributed by atoms with Gasteiger partial charge in [-0.3, -0.25) is 4.68 Å². The summed E-state index contributed by atoms with van der Waals surface area (Å²) in [6, 6.07) is 5.10. The highest BCUT2D eigenvalue weighted by Crippen LogP contribution is 2.33. The first-order valence-corrected chi connectivity index (χ1v) is 8.34. The van der Waals surface area contributed by atoms with E-state index in [4.69, 9.17) is 38.4 Å². The number of halogens is 2. The summed E-state index contributed by atoms with van der Waals surface area (Å²) in [5, 5.41) is 5.62. The number of ether oxygens (including phenoxy) is 2. The van der Waals surface area contributed by atoms with Gasteiger partial charge in [0.15, 0.2) is 5.75 Å². The van der Waals surface area contributed by atoms with Crippen LogP contribution in [0.4, 0.5) is 0 Å². The van der Waals surface area contributed by atoms with Crippen molar-refractivity contribution in [2.24, 2.45) is 5.73 Å². The molecular weight excluding hydrogens is 337 g/mol. The molecule has 126 valence electrons. The predicted molar refractivity (Wildman–Crippen MR) is 92.5 cm³/mol. The van der Waals surface area contributed by atoms with Gasteiger partial charge in [0.05, 0.1) is 13.2 Å². The Bertz CT molecular complexity index is 639. The Labute approximate surface area is 146 Å². The highest BCUT2D eigenvalue weighted by molar-refractivity contribution is 6.34. The van der Waals surface area contributed by atoms with Crippen molar-refractivity contribution in [3.63, 3.8) is 0 Å². The molecule has 0 spiro atoms. The van der Waals surface area contributed by atoms with Crippen LogP contribution < -0.4 is 10.5 Å². The fraction of sp³-hybridized carbons (Fsp3) is 0.438. The molecule has 0 atom stereocenters. The molecule has 7 heteroatoms. The van der Waals surface area contributed by atoms with Crippen molar-refractivity contribution < 1.29 is 9.47 Å². The predicted octanol–water partition coefficient (Wildman–Crippen LogP) is 4.04. The molecule has 1 aromatic heterocycles. The Morgan fingerprint density at radius 1 is 1.17 bits per heavy atom. The summed E-state index contributed by atoms with van der Waals surface area (Å²) in [5.74, 6) is 1.26. The van der Waals surface area contributed by atoms with Gasteiger partial charge in [0, 0.05) is 23.2 Å². The van der Waals surface area contributed by atoms with Crippen molar-refractivity contribution in [1.29, 1.82) is 0 Å². The van der Waals surface area contributed by atoms with E-state index < -0.39 is 0 Å². The van der Waals surface area contributed by atoms with Crippen molar-refractivity contribution >= 4 is 23.2 Å². The van der Waals surface area contributed by atoms with Crippen LogP contribution in [0, 0.1) is 0 Å². The maximum absolute atomic E-state index is 6.04. The summed E-state index contributed by atoms with van der Waals surface area (Å²) in [6.45, 7) is 6.09. The van der Waals surface area contributed by atoms with E-state index in [-0.39, 0.29) is 0 Å². The summed E-state index contributed by atoms with van der Waals surface area (Å²) in [5.41, 5.74) is 7.39. The third kappa shape index (κ3) is 4.61. The molecule has 0 aliphatic heterocycles. The van der Waals surface area contributed by atoms with Gasteiger partial charge in [0.1, 0.15) is 17.1 Å². The second-order valence-electron chi connectivity index (χ2n) is 4.93. The van der Waals surface area contributed by atoms with Crippen LogP contribution >= 0.6 is 23.2 Å². The van der Waals surface area contributed by atoms with Gasteiger partial charge in [-0.05, 0) is 31.5 Å². The number of nitrogens with zero attached hydrogens (tertiary/aromatic N) is 2. The molecule has 0 aliphatic carbocycles. The zero-order chi connectivity index (χ0) is 16.8. The van der Waals surface area contributed by atoms with E-state index in [0.717, 1.165) is 17.8 Å². The highest BCUT2D eigenvalue weighted by Gasteiger charge is 2.19. The van der Waals surface area contributed by atoms with E-state index in [0.29, 0.717) is 47.8 Å². The Kier molecular flexibility index (Phi) is 6.72. The van der Waals surface area contributed by atoms with Gasteiger partial charge >= 0.3 is 0 Å². The van der Waals surface area contributed by atoms with Crippen LogP contribution in [-0.2, 0) is 24.3 Å². The quantitative estimate of drug-likeness (QED) is 0.774. The monoisotopic (exact) mass is 357 g/mol. The smallest absolute Gasteiger partial charge is 0.174 e. The molecule has 2 rings (SSSR count). The average molecular weight is 358 g/mol. The summed E-state index contributed by atoms with van der Waals surface area (Å²) in [7, 11) is 0. The number of aromatic nitrogens is 2. The Morgan fingerprint density at radius 2 is 1.87 bits per heavy atom. The molecule has 0 saturated heterocycles. The zero-order valence-corrected chi connectivity index (χ0v) is 14.8. The lowest BCUT2D eigenvalue weighted by molar-refractivity contribution is 0.126. The number of nitrogens with two attached hydrogens (primary N) is 1. The molecule has 0 unspecified atom stereocenters. The summed E-state index contributed by atoms with van der Waals surface area (Å²) < 4.78 is 13.4. The van der Waals surface area contributed by atoms with E-state index in [2.05, 4.69) is 5.10 Å². The molecule has 0 bridgehead atoms. The van der Waals surface area contributed by atoms with E-state index in [1.54, 1.807) is 18.2 Å². The molecule has 2 aromatic rings. The van der Waals surface area contributed by atoms with Crippen molar-refractivity contribution in [2.75, 3.05) is 13.2 Å². The van der Waals surface area contributed by atoms with Crippen LogP contribution in [0.25, 0.3) is 0 Å². The van der Waals surface area contributed by atoms with Gasteiger partial charge in [-0.2, -0.15) is 5.10 Å². The molecule has 0 radical (unpaired) electrons. The van der Waals surface area contributed by atoms with Crippen LogP contribution in [0.2, 0.25) is 10.0 Å². The lowest BCUT2D eigenvalue weighted by Crippen LogP contribution is -2.14. The van der Waals surface area contributed by atoms with Gasteiger partial charge in [0.2, 0.25) is 0 Å². The number of aryl methyl sites for hydroxylation is 1. The standard InChI is InChI=1S/C16H21Cl2N3O2/c1-3-14-16(23-13-8-11(17)7-12(18)9-13)15(10-22-4-2)21(20-14)6-5-19/h7-9H,3-6,10,19H2,1-2H3. The van der Waals surface area contributed by atoms with E-state index in [9.17, 15) is 0 Å². The maximum Gasteiger partial charge on any atom is 0.174 e. The first-order valence-electron chi connectivity index (χ1n) is 7.59. The SMILES string of the molecule is CCOCc1c(Oc2cc(Cl)cc(Cl)c2)c(CC)nn1CCN. The zero-order valence-electron chi connectivity index (χ0n) is 13.3. The van der Waals surface area contributed by atoms with Crippen molar-refractivity contribution in [2.45, 2.75) is 33.4 Å². The van der Waals surface area contributed by atoms with Crippen LogP contribution in [-0.4, -0.2) is 22.9 Å². The number of hydrogen-bond donors (Lipinski definition) is 1. The van der Waals surface area contributed by atoms with Gasteiger partial charge in [-0.1, -0.05) is 30.1 Å². The van der Waals surface area contributed by atoms with Crippen molar-refractivity contribution in [3.05, 3.63) is 39.6 Å². The van der Waals surface area contributed by atoms with Crippen LogP contribution in [0.1, 0.15) is 25.2 Å². The average Bonchev–Trinajstić information content (AvgIpc) is 2.81. The summed E-state index contributed by atoms with van der Waals surface area (Å²) in [6.07, 6.45) is 0.736. The van der Waals surface area contributed by atoms with E-state index in [1.165, 1.54) is 0 Å². The largest absolute Gasteiger partial charge is 0.453 e. The minimum atomic E-state index is 0.410. The van der Waals surface area contributed by atoms with Crippen molar-refractivity contribution in [3.8, 4) is 11.5 Å². The Balaban J connectivity index is 2.41. The van der Waals surface area contributed by atoms with E-state index >= 15 is 0 Å². The van der Waals surface area contributed by atoms with Gasteiger partial charge in [-0.25, -0.2) is 0 Å². The molecule has 0 aliphatic rings. The third-order valence-electron chi connectivity index (χ3n) is 3.25. The second-order valence-corrected chi connectivity index (χ2v) is 5.81. The Morgan fingerprint density at radius 3 is 2.43 bits per heavy atom. The number of hydrogen-bond acceptors (Lipinski definition) is 4. The molecule has 0 saturated carbocycles. The van der Waals surface area contributed by atoms with E-state index in [1.807, 2.05) is 18.5 Å². The molecule has 0 fully saturated rings. The topological polar surface area (TPSA) is 62.3 Å². The van der Waals surface area contributed by atoms with Crippen LogP contribution in [0.5, 0.6) is 11.5 Å². The molecule has 0 amide bonds. The molecular formula is C16H21Cl2N3O2. The van der Waals surface area contributed by atoms with Crippen LogP contribution in [0.15, 0.2) is 18.2 Å². The molecule has 23 heavy (non-hydrogen) atoms. The van der Waals surface area contributed by atoms with Crippen molar-refractivity contribution in [1.82, 2.24) is 9.78 Å². The third-order valence-corrected chi connectivity index (χ3v) is 3.69. The molecule has 2 N–H and O–H groups in total. The summed E-state index contributed by atoms with van der Waals surface area (Å²) in [4.78, 5) is 0. The highest BCUT2D eigenvalue weighted by atomic mass is 35.5. The number of benzene rings is 1. The fourth-order valence-corrected chi connectivity index (χ4v) is 2.74. The maximum atomic E-state index is 6.04. The first kappa shape index (κ1) is 18.1. The molecule has 5 nitrogen and oxygen atoms in total. The normalized spacial score (nSPS) is 11.0. The first-order chi connectivity index (χ1) is 11.1. The molecule has 1 aromatic carbocycles. The lowest BCUT2D eigenvalue weighted by atomic mass is 10.2. The minimum absolute atomic E-state index is 0.410. The molecule has 1 heterocycles. The van der Waals surface area contributed by atoms with Gasteiger partial charge < -0.3 is 15.2 Å². The fourth-order valence-electron chi connectivity index (χ4n) is 2.24. The van der Waals surface area contributed by atoms with Gasteiger partial charge in [-0.15, -0.1) is 0 Å². The lowest BCUT2D eigenvalue weighted by Gasteiger charge is -2.11. The van der Waals surface area contributed by atoms with Crippen LogP contribution in [0.3, 0.4) is 0 Å².